The fourth-order valence-electron chi connectivity index (χ4n) is 3.08. The molecule has 1 aromatic rings. The predicted molar refractivity (Wildman–Crippen MR) is 69.8 cm³/mol. The van der Waals surface area contributed by atoms with Gasteiger partial charge in [-0.2, -0.15) is 0 Å². The van der Waals surface area contributed by atoms with Crippen LogP contribution in [0.1, 0.15) is 49.8 Å². The Morgan fingerprint density at radius 3 is 2.00 bits per heavy atom. The summed E-state index contributed by atoms with van der Waals surface area (Å²) >= 11 is 0. The van der Waals surface area contributed by atoms with Gasteiger partial charge in [0.25, 0.3) is 0 Å². The highest BCUT2D eigenvalue weighted by Crippen LogP contribution is 2.45. The van der Waals surface area contributed by atoms with Crippen molar-refractivity contribution in [3.05, 3.63) is 34.9 Å². The van der Waals surface area contributed by atoms with Gasteiger partial charge in [0.1, 0.15) is 0 Å². The summed E-state index contributed by atoms with van der Waals surface area (Å²) in [6.45, 7) is 5.32. The number of aryl methyl sites for hydroxylation is 2. The van der Waals surface area contributed by atoms with Crippen LogP contribution < -0.4 is 5.73 Å². The lowest BCUT2D eigenvalue weighted by molar-refractivity contribution is 0.249. The van der Waals surface area contributed by atoms with Gasteiger partial charge in [-0.05, 0) is 42.4 Å². The topological polar surface area (TPSA) is 26.0 Å². The van der Waals surface area contributed by atoms with E-state index in [1.54, 1.807) is 5.56 Å². The summed E-state index contributed by atoms with van der Waals surface area (Å²) in [6, 6.07) is 6.76. The number of hydrogen-bond acceptors (Lipinski definition) is 1. The van der Waals surface area contributed by atoms with Crippen LogP contribution >= 0.6 is 0 Å². The van der Waals surface area contributed by atoms with Gasteiger partial charge in [0.15, 0.2) is 0 Å². The van der Waals surface area contributed by atoms with Gasteiger partial charge in [-0.15, -0.1) is 0 Å². The second kappa shape index (κ2) is 4.58. The molecule has 0 saturated heterocycles. The Morgan fingerprint density at radius 1 is 1.12 bits per heavy atom. The second-order valence-electron chi connectivity index (χ2n) is 5.00. The van der Waals surface area contributed by atoms with Gasteiger partial charge in [0.05, 0.1) is 0 Å². The minimum Gasteiger partial charge on any atom is -0.330 e. The third-order valence-electron chi connectivity index (χ3n) is 4.23. The smallest absolute Gasteiger partial charge is 0.00810 e. The van der Waals surface area contributed by atoms with Crippen molar-refractivity contribution in [3.8, 4) is 0 Å². The van der Waals surface area contributed by atoms with Crippen LogP contribution in [0.2, 0.25) is 0 Å². The largest absolute Gasteiger partial charge is 0.330 e. The van der Waals surface area contributed by atoms with Crippen molar-refractivity contribution in [2.24, 2.45) is 5.73 Å². The van der Waals surface area contributed by atoms with Crippen LogP contribution in [0.15, 0.2) is 18.2 Å². The molecule has 1 heteroatoms. The van der Waals surface area contributed by atoms with E-state index in [0.717, 1.165) is 19.4 Å². The fraction of sp³-hybridized carbons (Fsp3) is 0.600. The van der Waals surface area contributed by atoms with E-state index in [9.17, 15) is 0 Å². The zero-order valence-electron chi connectivity index (χ0n) is 10.6. The van der Waals surface area contributed by atoms with E-state index in [4.69, 9.17) is 5.73 Å². The highest BCUT2D eigenvalue weighted by Gasteiger charge is 2.39. The minimum absolute atomic E-state index is 0.317. The Morgan fingerprint density at radius 2 is 1.69 bits per heavy atom. The molecule has 2 N–H and O–H groups in total. The molecule has 0 atom stereocenters. The zero-order valence-corrected chi connectivity index (χ0v) is 10.6. The molecule has 0 amide bonds. The van der Waals surface area contributed by atoms with Gasteiger partial charge in [0.2, 0.25) is 0 Å². The van der Waals surface area contributed by atoms with Crippen molar-refractivity contribution in [2.45, 2.75) is 51.4 Å². The van der Waals surface area contributed by atoms with Gasteiger partial charge in [-0.3, -0.25) is 0 Å². The maximum Gasteiger partial charge on any atom is 0.00810 e. The number of nitrogens with two attached hydrogens (primary N) is 1. The van der Waals surface area contributed by atoms with Crippen LogP contribution in [0.25, 0.3) is 0 Å². The summed E-state index contributed by atoms with van der Waals surface area (Å²) in [4.78, 5) is 0. The lowest BCUT2D eigenvalue weighted by Crippen LogP contribution is -2.43. The molecule has 1 nitrogen and oxygen atoms in total. The number of benzene rings is 1. The molecule has 2 rings (SSSR count). The lowest BCUT2D eigenvalue weighted by atomic mass is 9.62. The molecule has 0 unspecified atom stereocenters. The van der Waals surface area contributed by atoms with E-state index >= 15 is 0 Å². The Balaban J connectivity index is 2.51. The first-order valence-electron chi connectivity index (χ1n) is 6.58. The summed E-state index contributed by atoms with van der Waals surface area (Å²) in [5.74, 6) is 0. The van der Waals surface area contributed by atoms with Crippen molar-refractivity contribution >= 4 is 0 Å². The first-order chi connectivity index (χ1) is 7.77. The molecule has 0 spiro atoms. The molecule has 0 bridgehead atoms. The van der Waals surface area contributed by atoms with E-state index in [1.165, 1.54) is 30.4 Å². The van der Waals surface area contributed by atoms with Crippen LogP contribution in [-0.2, 0) is 18.3 Å². The molecule has 0 aromatic heterocycles. The Hall–Kier alpha value is -0.820. The van der Waals surface area contributed by atoms with Crippen molar-refractivity contribution in [1.29, 1.82) is 0 Å². The van der Waals surface area contributed by atoms with E-state index in [0.29, 0.717) is 5.41 Å². The Bertz CT molecular complexity index is 336. The van der Waals surface area contributed by atoms with Gasteiger partial charge < -0.3 is 5.73 Å². The zero-order chi connectivity index (χ0) is 11.6. The first-order valence-corrected chi connectivity index (χ1v) is 6.58. The lowest BCUT2D eigenvalue weighted by Gasteiger charge is -2.44. The van der Waals surface area contributed by atoms with Crippen LogP contribution in [0, 0.1) is 0 Å². The van der Waals surface area contributed by atoms with Crippen molar-refractivity contribution in [2.75, 3.05) is 6.54 Å². The van der Waals surface area contributed by atoms with Gasteiger partial charge in [0, 0.05) is 12.0 Å². The molecule has 1 fully saturated rings. The van der Waals surface area contributed by atoms with Crippen molar-refractivity contribution < 1.29 is 0 Å². The summed E-state index contributed by atoms with van der Waals surface area (Å²) in [6.07, 6.45) is 6.18. The maximum atomic E-state index is 6.05. The Labute approximate surface area is 99.0 Å². The first kappa shape index (κ1) is 11.7. The summed E-state index contributed by atoms with van der Waals surface area (Å²) in [7, 11) is 0. The summed E-state index contributed by atoms with van der Waals surface area (Å²) in [5, 5.41) is 0. The highest BCUT2D eigenvalue weighted by molar-refractivity contribution is 5.43. The minimum atomic E-state index is 0.317. The monoisotopic (exact) mass is 217 g/mol. The van der Waals surface area contributed by atoms with Crippen LogP contribution in [0.5, 0.6) is 0 Å². The number of hydrogen-bond donors (Lipinski definition) is 1. The molecule has 88 valence electrons. The van der Waals surface area contributed by atoms with E-state index < -0.39 is 0 Å². The second-order valence-corrected chi connectivity index (χ2v) is 5.00. The van der Waals surface area contributed by atoms with Crippen LogP contribution in [0.4, 0.5) is 0 Å². The predicted octanol–water partition coefficient (Wildman–Crippen LogP) is 3.19. The SMILES string of the molecule is CCc1cccc(CC)c1C1(CN)CCC1. The molecule has 1 aromatic carbocycles. The molecule has 1 aliphatic rings. The van der Waals surface area contributed by atoms with Crippen molar-refractivity contribution in [3.63, 3.8) is 0 Å². The molecule has 16 heavy (non-hydrogen) atoms. The third-order valence-corrected chi connectivity index (χ3v) is 4.23. The Kier molecular flexibility index (Phi) is 3.34. The van der Waals surface area contributed by atoms with Crippen molar-refractivity contribution in [1.82, 2.24) is 0 Å². The number of rotatable bonds is 4. The van der Waals surface area contributed by atoms with Gasteiger partial charge in [-0.25, -0.2) is 0 Å². The average molecular weight is 217 g/mol. The maximum absolute atomic E-state index is 6.05. The summed E-state index contributed by atoms with van der Waals surface area (Å²) < 4.78 is 0. The highest BCUT2D eigenvalue weighted by atomic mass is 14.6. The van der Waals surface area contributed by atoms with E-state index in [2.05, 4.69) is 32.0 Å². The molecule has 1 aliphatic carbocycles. The fourth-order valence-corrected chi connectivity index (χ4v) is 3.08. The third kappa shape index (κ3) is 1.67. The standard InChI is InChI=1S/C15H23N/c1-3-12-7-5-8-13(4-2)14(12)15(11-16)9-6-10-15/h5,7-8H,3-4,6,9-11,16H2,1-2H3. The molecule has 0 radical (unpaired) electrons. The molecule has 1 saturated carbocycles. The van der Waals surface area contributed by atoms with E-state index in [1.807, 2.05) is 0 Å². The molecular formula is C15H23N. The molecule has 0 aliphatic heterocycles. The average Bonchev–Trinajstić information content (AvgIpc) is 2.28. The quantitative estimate of drug-likeness (QED) is 0.823. The molecular weight excluding hydrogens is 194 g/mol. The summed E-state index contributed by atoms with van der Waals surface area (Å²) in [5.41, 5.74) is 11.0. The van der Waals surface area contributed by atoms with E-state index in [-0.39, 0.29) is 0 Å². The normalized spacial score (nSPS) is 18.2. The van der Waals surface area contributed by atoms with Crippen LogP contribution in [-0.4, -0.2) is 6.54 Å². The van der Waals surface area contributed by atoms with Gasteiger partial charge in [-0.1, -0.05) is 38.5 Å². The van der Waals surface area contributed by atoms with Gasteiger partial charge >= 0.3 is 0 Å². The van der Waals surface area contributed by atoms with Crippen LogP contribution in [0.3, 0.4) is 0 Å². The molecule has 0 heterocycles.